The van der Waals surface area contributed by atoms with Crippen molar-refractivity contribution >= 4 is 50.7 Å². The summed E-state index contributed by atoms with van der Waals surface area (Å²) in [6.07, 6.45) is 0.707. The molecule has 2 amide bonds. The van der Waals surface area contributed by atoms with Crippen LogP contribution in [0.4, 0.5) is 5.69 Å². The smallest absolute Gasteiger partial charge is 0.264 e. The van der Waals surface area contributed by atoms with Gasteiger partial charge in [0.1, 0.15) is 18.3 Å². The maximum atomic E-state index is 14.0. The van der Waals surface area contributed by atoms with E-state index in [1.807, 2.05) is 13.8 Å². The van der Waals surface area contributed by atoms with Crippen molar-refractivity contribution in [1.29, 1.82) is 0 Å². The van der Waals surface area contributed by atoms with E-state index in [4.69, 9.17) is 27.9 Å². The van der Waals surface area contributed by atoms with E-state index in [-0.39, 0.29) is 39.1 Å². The van der Waals surface area contributed by atoms with E-state index in [0.29, 0.717) is 17.7 Å². The summed E-state index contributed by atoms with van der Waals surface area (Å²) < 4.78 is 33.9. The summed E-state index contributed by atoms with van der Waals surface area (Å²) in [6, 6.07) is 18.4. The van der Waals surface area contributed by atoms with E-state index < -0.39 is 28.5 Å². The predicted octanol–water partition coefficient (Wildman–Crippen LogP) is 5.53. The summed E-state index contributed by atoms with van der Waals surface area (Å²) >= 11 is 12.7. The number of rotatable bonds is 12. The first-order valence-corrected chi connectivity index (χ1v) is 14.9. The predicted molar refractivity (Wildman–Crippen MR) is 158 cm³/mol. The lowest BCUT2D eigenvalue weighted by Gasteiger charge is -2.32. The molecule has 3 aromatic carbocycles. The maximum Gasteiger partial charge on any atom is 0.264 e. The molecule has 0 saturated carbocycles. The Morgan fingerprint density at radius 2 is 1.65 bits per heavy atom. The minimum absolute atomic E-state index is 0.0154. The molecule has 40 heavy (non-hydrogen) atoms. The molecule has 0 heterocycles. The Morgan fingerprint density at radius 1 is 0.975 bits per heavy atom. The van der Waals surface area contributed by atoms with Crippen LogP contribution in [0, 0.1) is 0 Å². The molecule has 0 saturated heterocycles. The number of ether oxygens (including phenoxy) is 1. The third-order valence-corrected chi connectivity index (χ3v) is 9.05. The van der Waals surface area contributed by atoms with Crippen LogP contribution in [0.15, 0.2) is 77.7 Å². The number of sulfonamides is 1. The highest BCUT2D eigenvalue weighted by atomic mass is 35.5. The van der Waals surface area contributed by atoms with Crippen molar-refractivity contribution in [3.63, 3.8) is 0 Å². The molecule has 0 aromatic heterocycles. The summed E-state index contributed by atoms with van der Waals surface area (Å²) in [7, 11) is -2.72. The summed E-state index contributed by atoms with van der Waals surface area (Å²) in [5.41, 5.74) is 0.749. The molecule has 0 bridgehead atoms. The molecule has 0 unspecified atom stereocenters. The van der Waals surface area contributed by atoms with Gasteiger partial charge in [0.2, 0.25) is 11.8 Å². The van der Waals surface area contributed by atoms with Crippen molar-refractivity contribution in [2.45, 2.75) is 50.7 Å². The van der Waals surface area contributed by atoms with Crippen LogP contribution in [0.1, 0.15) is 32.8 Å². The SMILES string of the molecule is CC[C@@H](C)NC(=O)[C@@H](C)N(Cc1cccc(OC)c1)C(=O)CN(c1cccc(Cl)c1Cl)S(=O)(=O)c1ccccc1. The lowest BCUT2D eigenvalue weighted by Crippen LogP contribution is -2.52. The van der Waals surface area contributed by atoms with Crippen LogP contribution in [0.2, 0.25) is 10.0 Å². The number of hydrogen-bond donors (Lipinski definition) is 1. The van der Waals surface area contributed by atoms with Crippen LogP contribution < -0.4 is 14.4 Å². The van der Waals surface area contributed by atoms with Gasteiger partial charge in [-0.15, -0.1) is 0 Å². The van der Waals surface area contributed by atoms with Gasteiger partial charge in [0.25, 0.3) is 10.0 Å². The third kappa shape index (κ3) is 7.47. The zero-order valence-electron chi connectivity index (χ0n) is 22.8. The van der Waals surface area contributed by atoms with Gasteiger partial charge in [-0.25, -0.2) is 8.42 Å². The van der Waals surface area contributed by atoms with Crippen LogP contribution in [0.5, 0.6) is 5.75 Å². The van der Waals surface area contributed by atoms with Crippen LogP contribution >= 0.6 is 23.2 Å². The topological polar surface area (TPSA) is 96.0 Å². The van der Waals surface area contributed by atoms with Crippen LogP contribution in [-0.4, -0.2) is 50.9 Å². The van der Waals surface area contributed by atoms with E-state index in [1.165, 1.54) is 36.3 Å². The minimum Gasteiger partial charge on any atom is -0.497 e. The number of carbonyl (C=O) groups is 2. The highest BCUT2D eigenvalue weighted by molar-refractivity contribution is 7.92. The highest BCUT2D eigenvalue weighted by Gasteiger charge is 2.34. The average Bonchev–Trinajstić information content (AvgIpc) is 2.96. The van der Waals surface area contributed by atoms with Gasteiger partial charge in [-0.2, -0.15) is 0 Å². The first-order valence-electron chi connectivity index (χ1n) is 12.7. The summed E-state index contributed by atoms with van der Waals surface area (Å²) in [5, 5.41) is 3.02. The van der Waals surface area contributed by atoms with Crippen LogP contribution in [0.3, 0.4) is 0 Å². The Balaban J connectivity index is 2.06. The molecular formula is C29H33Cl2N3O5S. The largest absolute Gasteiger partial charge is 0.497 e. The fourth-order valence-corrected chi connectivity index (χ4v) is 5.83. The van der Waals surface area contributed by atoms with Crippen molar-refractivity contribution < 1.29 is 22.7 Å². The Labute approximate surface area is 245 Å². The summed E-state index contributed by atoms with van der Waals surface area (Å²) in [6.45, 7) is 4.83. The number of hydrogen-bond acceptors (Lipinski definition) is 5. The molecule has 3 aromatic rings. The average molecular weight is 607 g/mol. The van der Waals surface area contributed by atoms with Crippen molar-refractivity contribution in [3.8, 4) is 5.75 Å². The molecule has 0 spiro atoms. The second kappa shape index (κ2) is 13.9. The molecule has 11 heteroatoms. The van der Waals surface area contributed by atoms with Gasteiger partial charge in [0.15, 0.2) is 0 Å². The molecule has 8 nitrogen and oxygen atoms in total. The number of methoxy groups -OCH3 is 1. The van der Waals surface area contributed by atoms with E-state index >= 15 is 0 Å². The lowest BCUT2D eigenvalue weighted by molar-refractivity contribution is -0.139. The number of halogens is 2. The van der Waals surface area contributed by atoms with Gasteiger partial charge >= 0.3 is 0 Å². The van der Waals surface area contributed by atoms with E-state index in [1.54, 1.807) is 55.5 Å². The lowest BCUT2D eigenvalue weighted by atomic mass is 10.1. The van der Waals surface area contributed by atoms with E-state index in [2.05, 4.69) is 5.32 Å². The summed E-state index contributed by atoms with van der Waals surface area (Å²) in [4.78, 5) is 28.5. The maximum absolute atomic E-state index is 14.0. The number of nitrogens with zero attached hydrogens (tertiary/aromatic N) is 2. The van der Waals surface area contributed by atoms with Crippen molar-refractivity contribution in [2.24, 2.45) is 0 Å². The number of nitrogens with one attached hydrogen (secondary N) is 1. The van der Waals surface area contributed by atoms with Gasteiger partial charge < -0.3 is 15.0 Å². The fourth-order valence-electron chi connectivity index (χ4n) is 3.93. The second-order valence-corrected chi connectivity index (χ2v) is 11.9. The van der Waals surface area contributed by atoms with Crippen LogP contribution in [0.25, 0.3) is 0 Å². The molecule has 214 valence electrons. The Kier molecular flexibility index (Phi) is 10.8. The number of carbonyl (C=O) groups excluding carboxylic acids is 2. The van der Waals surface area contributed by atoms with Crippen molar-refractivity contribution in [2.75, 3.05) is 18.0 Å². The zero-order valence-corrected chi connectivity index (χ0v) is 25.1. The minimum atomic E-state index is -4.25. The molecule has 1 N–H and O–H groups in total. The van der Waals surface area contributed by atoms with Crippen molar-refractivity contribution in [3.05, 3.63) is 88.4 Å². The third-order valence-electron chi connectivity index (χ3n) is 6.47. The van der Waals surface area contributed by atoms with Gasteiger partial charge in [-0.05, 0) is 62.2 Å². The Hall–Kier alpha value is -3.27. The number of benzene rings is 3. The molecule has 0 aliphatic heterocycles. The molecule has 3 rings (SSSR count). The number of anilines is 1. The Bertz CT molecular complexity index is 1440. The van der Waals surface area contributed by atoms with Gasteiger partial charge in [0.05, 0.1) is 27.7 Å². The molecule has 0 fully saturated rings. The van der Waals surface area contributed by atoms with Crippen LogP contribution in [-0.2, 0) is 26.2 Å². The first-order chi connectivity index (χ1) is 19.0. The van der Waals surface area contributed by atoms with E-state index in [9.17, 15) is 18.0 Å². The first kappa shape index (κ1) is 31.3. The second-order valence-electron chi connectivity index (χ2n) is 9.26. The van der Waals surface area contributed by atoms with E-state index in [0.717, 1.165) is 4.31 Å². The quantitative estimate of drug-likeness (QED) is 0.293. The normalized spacial score (nSPS) is 12.8. The van der Waals surface area contributed by atoms with Gasteiger partial charge in [-0.1, -0.05) is 66.5 Å². The van der Waals surface area contributed by atoms with Crippen molar-refractivity contribution in [1.82, 2.24) is 10.2 Å². The molecule has 0 aliphatic carbocycles. The molecular weight excluding hydrogens is 573 g/mol. The fraction of sp³-hybridized carbons (Fsp3) is 0.310. The Morgan fingerprint density at radius 3 is 2.30 bits per heavy atom. The van der Waals surface area contributed by atoms with Gasteiger partial charge in [-0.3, -0.25) is 13.9 Å². The monoisotopic (exact) mass is 605 g/mol. The zero-order chi connectivity index (χ0) is 29.4. The summed E-state index contributed by atoms with van der Waals surface area (Å²) in [5.74, 6) is -0.380. The van der Waals surface area contributed by atoms with Gasteiger partial charge in [0, 0.05) is 12.6 Å². The highest BCUT2D eigenvalue weighted by Crippen LogP contribution is 2.35. The molecule has 0 aliphatic rings. The standard InChI is InChI=1S/C29H33Cl2N3O5S/c1-5-20(2)32-29(36)21(3)33(18-22-11-9-12-23(17-22)39-4)27(35)19-34(26-16-10-15-25(30)28(26)31)40(37,38)24-13-7-6-8-14-24/h6-17,20-21H,5,18-19H2,1-4H3,(H,32,36)/t20-,21-/m1/s1. The number of amides is 2. The molecule has 0 radical (unpaired) electrons. The molecule has 2 atom stereocenters.